The van der Waals surface area contributed by atoms with Crippen molar-refractivity contribution >= 4 is 63.1 Å². The van der Waals surface area contributed by atoms with E-state index in [4.69, 9.17) is 11.6 Å². The molecule has 1 aromatic heterocycles. The number of rotatable bonds is 7. The van der Waals surface area contributed by atoms with Crippen molar-refractivity contribution in [2.45, 2.75) is 4.90 Å². The number of thioether (sulfide) groups is 1. The average molecular weight is 513 g/mol. The Morgan fingerprint density at radius 3 is 2.38 bits per heavy atom. The molecule has 0 saturated carbocycles. The number of amides is 3. The zero-order valence-electron chi connectivity index (χ0n) is 17.5. The van der Waals surface area contributed by atoms with Crippen LogP contribution in [0.2, 0.25) is 5.02 Å². The van der Waals surface area contributed by atoms with Crippen molar-refractivity contribution in [3.05, 3.63) is 89.0 Å². The molecule has 0 aliphatic carbocycles. The minimum atomic E-state index is -0.557. The van der Waals surface area contributed by atoms with E-state index >= 15 is 0 Å². The van der Waals surface area contributed by atoms with Gasteiger partial charge in [-0.15, -0.1) is 23.1 Å². The Bertz CT molecular complexity index is 1300. The number of carbonyl (C=O) groups is 2. The van der Waals surface area contributed by atoms with Crippen LogP contribution in [-0.4, -0.2) is 22.7 Å². The first-order valence-electron chi connectivity index (χ1n) is 10.0. The quantitative estimate of drug-likeness (QED) is 0.233. The van der Waals surface area contributed by atoms with E-state index in [-0.39, 0.29) is 16.7 Å². The van der Waals surface area contributed by atoms with Gasteiger partial charge < -0.3 is 16.0 Å². The average Bonchev–Trinajstić information content (AvgIpc) is 3.30. The Hall–Kier alpha value is -3.40. The van der Waals surface area contributed by atoms with Crippen molar-refractivity contribution in [1.82, 2.24) is 4.98 Å². The summed E-state index contributed by atoms with van der Waals surface area (Å²) in [5.41, 5.74) is 2.76. The fraction of sp³-hybridized carbons (Fsp3) is 0.0417. The van der Waals surface area contributed by atoms with E-state index in [1.165, 1.54) is 41.3 Å². The predicted octanol–water partition coefficient (Wildman–Crippen LogP) is 6.98. The van der Waals surface area contributed by atoms with Gasteiger partial charge in [-0.3, -0.25) is 4.79 Å². The lowest BCUT2D eigenvalue weighted by Gasteiger charge is -2.09. The lowest BCUT2D eigenvalue weighted by Crippen LogP contribution is -2.19. The van der Waals surface area contributed by atoms with E-state index in [0.717, 1.165) is 16.2 Å². The van der Waals surface area contributed by atoms with Gasteiger partial charge in [0.25, 0.3) is 0 Å². The van der Waals surface area contributed by atoms with Crippen LogP contribution >= 0.6 is 34.7 Å². The van der Waals surface area contributed by atoms with Crippen LogP contribution < -0.4 is 16.0 Å². The Labute approximate surface area is 208 Å². The number of urea groups is 1. The molecule has 0 spiro atoms. The van der Waals surface area contributed by atoms with Gasteiger partial charge in [0.1, 0.15) is 5.82 Å². The van der Waals surface area contributed by atoms with Gasteiger partial charge in [0.2, 0.25) is 5.91 Å². The van der Waals surface area contributed by atoms with Crippen LogP contribution in [0.3, 0.4) is 0 Å². The second kappa shape index (κ2) is 11.1. The largest absolute Gasteiger partial charge is 0.323 e. The van der Waals surface area contributed by atoms with Crippen LogP contribution in [0.15, 0.2) is 83.1 Å². The molecule has 3 N–H and O–H groups in total. The summed E-state index contributed by atoms with van der Waals surface area (Å²) < 4.78 is 13.2. The summed E-state index contributed by atoms with van der Waals surface area (Å²) in [5, 5.41) is 10.5. The SMILES string of the molecule is O=C(CSc1ccc(NC(=O)Nc2ccc(F)c(Cl)c2)cc1)Nc1nc(-c2ccccc2)cs1. The number of halogens is 2. The molecule has 0 unspecified atom stereocenters. The van der Waals surface area contributed by atoms with Gasteiger partial charge in [0.15, 0.2) is 5.13 Å². The van der Waals surface area contributed by atoms with E-state index in [2.05, 4.69) is 20.9 Å². The van der Waals surface area contributed by atoms with E-state index < -0.39 is 11.8 Å². The lowest BCUT2D eigenvalue weighted by atomic mass is 10.2. The van der Waals surface area contributed by atoms with Crippen molar-refractivity contribution in [1.29, 1.82) is 0 Å². The highest BCUT2D eigenvalue weighted by molar-refractivity contribution is 8.00. The normalized spacial score (nSPS) is 10.5. The first kappa shape index (κ1) is 23.7. The Morgan fingerprint density at radius 1 is 0.941 bits per heavy atom. The topological polar surface area (TPSA) is 83.1 Å². The maximum atomic E-state index is 13.2. The van der Waals surface area contributed by atoms with Gasteiger partial charge in [0, 0.05) is 27.2 Å². The highest BCUT2D eigenvalue weighted by Gasteiger charge is 2.09. The van der Waals surface area contributed by atoms with Crippen LogP contribution in [0.4, 0.5) is 25.7 Å². The third-order valence-electron chi connectivity index (χ3n) is 4.48. The third-order valence-corrected chi connectivity index (χ3v) is 6.54. The summed E-state index contributed by atoms with van der Waals surface area (Å²) in [6.07, 6.45) is 0. The monoisotopic (exact) mass is 512 g/mol. The molecule has 4 aromatic rings. The molecular weight excluding hydrogens is 495 g/mol. The minimum Gasteiger partial charge on any atom is -0.308 e. The van der Waals surface area contributed by atoms with Gasteiger partial charge in [-0.25, -0.2) is 14.2 Å². The molecule has 0 radical (unpaired) electrons. The predicted molar refractivity (Wildman–Crippen MR) is 137 cm³/mol. The molecule has 6 nitrogen and oxygen atoms in total. The fourth-order valence-electron chi connectivity index (χ4n) is 2.88. The zero-order chi connectivity index (χ0) is 23.9. The number of anilines is 3. The second-order valence-electron chi connectivity index (χ2n) is 6.97. The lowest BCUT2D eigenvalue weighted by molar-refractivity contribution is -0.113. The molecule has 34 heavy (non-hydrogen) atoms. The Balaban J connectivity index is 1.24. The molecule has 0 aliphatic heterocycles. The molecule has 3 aromatic carbocycles. The Morgan fingerprint density at radius 2 is 1.65 bits per heavy atom. The first-order valence-corrected chi connectivity index (χ1v) is 12.3. The van der Waals surface area contributed by atoms with Gasteiger partial charge in [-0.2, -0.15) is 0 Å². The summed E-state index contributed by atoms with van der Waals surface area (Å²) in [7, 11) is 0. The number of carbonyl (C=O) groups excluding carboxylic acids is 2. The molecule has 3 amide bonds. The van der Waals surface area contributed by atoms with E-state index in [9.17, 15) is 14.0 Å². The smallest absolute Gasteiger partial charge is 0.308 e. The maximum Gasteiger partial charge on any atom is 0.323 e. The highest BCUT2D eigenvalue weighted by atomic mass is 35.5. The molecule has 0 saturated heterocycles. The number of nitrogens with zero attached hydrogens (tertiary/aromatic N) is 1. The van der Waals surface area contributed by atoms with Gasteiger partial charge in [0.05, 0.1) is 16.5 Å². The third kappa shape index (κ3) is 6.57. The van der Waals surface area contributed by atoms with Crippen LogP contribution in [0, 0.1) is 5.82 Å². The number of aromatic nitrogens is 1. The molecule has 1 heterocycles. The van der Waals surface area contributed by atoms with Crippen molar-refractivity contribution in [3.63, 3.8) is 0 Å². The summed E-state index contributed by atoms with van der Waals surface area (Å²) in [6, 6.07) is 20.3. The van der Waals surface area contributed by atoms with Crippen molar-refractivity contribution in [2.75, 3.05) is 21.7 Å². The van der Waals surface area contributed by atoms with Crippen LogP contribution in [0.1, 0.15) is 0 Å². The molecule has 4 rings (SSSR count). The molecule has 0 fully saturated rings. The van der Waals surface area contributed by atoms with Crippen LogP contribution in [0.25, 0.3) is 11.3 Å². The van der Waals surface area contributed by atoms with E-state index in [1.54, 1.807) is 24.3 Å². The molecule has 172 valence electrons. The van der Waals surface area contributed by atoms with Crippen molar-refractivity contribution in [3.8, 4) is 11.3 Å². The molecule has 0 aliphatic rings. The zero-order valence-corrected chi connectivity index (χ0v) is 19.9. The highest BCUT2D eigenvalue weighted by Crippen LogP contribution is 2.26. The number of hydrogen-bond donors (Lipinski definition) is 3. The molecular formula is C24H18ClFN4O2S2. The summed E-state index contributed by atoms with van der Waals surface area (Å²) >= 11 is 8.47. The molecule has 0 bridgehead atoms. The number of nitrogens with one attached hydrogen (secondary N) is 3. The minimum absolute atomic E-state index is 0.0743. The number of hydrogen-bond acceptors (Lipinski definition) is 5. The summed E-state index contributed by atoms with van der Waals surface area (Å²) in [5.74, 6) is -0.491. The van der Waals surface area contributed by atoms with Gasteiger partial charge >= 0.3 is 6.03 Å². The van der Waals surface area contributed by atoms with Crippen molar-refractivity contribution < 1.29 is 14.0 Å². The second-order valence-corrected chi connectivity index (χ2v) is 9.29. The van der Waals surface area contributed by atoms with Crippen LogP contribution in [-0.2, 0) is 4.79 Å². The van der Waals surface area contributed by atoms with E-state index in [1.807, 2.05) is 35.7 Å². The van der Waals surface area contributed by atoms with Crippen molar-refractivity contribution in [2.24, 2.45) is 0 Å². The first-order chi connectivity index (χ1) is 16.5. The summed E-state index contributed by atoms with van der Waals surface area (Å²) in [4.78, 5) is 29.8. The maximum absolute atomic E-state index is 13.2. The number of thiazole rings is 1. The number of benzene rings is 3. The fourth-order valence-corrected chi connectivity index (χ4v) is 4.49. The Kier molecular flexibility index (Phi) is 7.79. The van der Waals surface area contributed by atoms with Gasteiger partial charge in [-0.1, -0.05) is 41.9 Å². The van der Waals surface area contributed by atoms with E-state index in [0.29, 0.717) is 16.5 Å². The summed E-state index contributed by atoms with van der Waals surface area (Å²) in [6.45, 7) is 0. The standard InChI is InChI=1S/C24H18ClFN4O2S2/c25-19-12-17(8-11-20(19)26)28-23(32)27-16-6-9-18(10-7-16)33-14-22(31)30-24-29-21(13-34-24)15-4-2-1-3-5-15/h1-13H,14H2,(H2,27,28,32)(H,29,30,31). The molecule has 0 atom stereocenters. The van der Waals surface area contributed by atoms with Crippen LogP contribution in [0.5, 0.6) is 0 Å². The van der Waals surface area contributed by atoms with Gasteiger partial charge in [-0.05, 0) is 42.5 Å². The molecule has 10 heteroatoms.